The molecule has 1 saturated heterocycles. The molecule has 1 aliphatic rings. The second kappa shape index (κ2) is 5.38. The van der Waals surface area contributed by atoms with Crippen LogP contribution in [0.1, 0.15) is 0 Å². The van der Waals surface area contributed by atoms with Gasteiger partial charge in [-0.15, -0.1) is 0 Å². The van der Waals surface area contributed by atoms with E-state index in [1.54, 1.807) is 0 Å². The summed E-state index contributed by atoms with van der Waals surface area (Å²) in [5.74, 6) is 0. The summed E-state index contributed by atoms with van der Waals surface area (Å²) in [6.45, 7) is -0.406. The van der Waals surface area contributed by atoms with Gasteiger partial charge in [0.2, 0.25) is 0 Å². The van der Waals surface area contributed by atoms with Crippen molar-refractivity contribution in [3.05, 3.63) is 0 Å². The van der Waals surface area contributed by atoms with Crippen LogP contribution in [-0.2, 0) is 14.3 Å². The van der Waals surface area contributed by atoms with Crippen molar-refractivity contribution in [2.45, 2.75) is 24.6 Å². The number of nitrogens with zero attached hydrogens (tertiary/aromatic N) is 1. The monoisotopic (exact) mass is 221 g/mol. The van der Waals surface area contributed by atoms with Crippen LogP contribution < -0.4 is 0 Å². The zero-order valence-corrected chi connectivity index (χ0v) is 8.53. The number of hydrogen-bond acceptors (Lipinski definition) is 7. The summed E-state index contributed by atoms with van der Waals surface area (Å²) in [5.41, 5.74) is -0.0188. The average molecular weight is 221 g/mol. The molecule has 1 unspecified atom stereocenters. The number of methoxy groups -OCH3 is 1. The summed E-state index contributed by atoms with van der Waals surface area (Å²) in [6, 6.07) is 0. The van der Waals surface area contributed by atoms with Crippen molar-refractivity contribution in [1.29, 1.82) is 0 Å². The highest BCUT2D eigenvalue weighted by atomic mass is 16.7. The molecule has 0 radical (unpaired) electrons. The number of oxime groups is 1. The van der Waals surface area contributed by atoms with Gasteiger partial charge in [-0.05, 0) is 0 Å². The molecule has 7 nitrogen and oxygen atoms in total. The lowest BCUT2D eigenvalue weighted by Crippen LogP contribution is -2.56. The van der Waals surface area contributed by atoms with Gasteiger partial charge in [0.1, 0.15) is 31.1 Å². The Balaban J connectivity index is 2.86. The maximum Gasteiger partial charge on any atom is 0.189 e. The number of aliphatic hydroxyl groups is 3. The maximum absolute atomic E-state index is 9.64. The zero-order chi connectivity index (χ0) is 11.4. The molecule has 0 aromatic rings. The molecule has 15 heavy (non-hydrogen) atoms. The summed E-state index contributed by atoms with van der Waals surface area (Å²) in [7, 11) is 2.63. The molecule has 1 fully saturated rings. The predicted molar refractivity (Wildman–Crippen MR) is 49.2 cm³/mol. The van der Waals surface area contributed by atoms with E-state index in [0.717, 1.165) is 0 Å². The molecule has 3 N–H and O–H groups in total. The first-order valence-corrected chi connectivity index (χ1v) is 4.41. The zero-order valence-electron chi connectivity index (χ0n) is 8.53. The van der Waals surface area contributed by atoms with Crippen molar-refractivity contribution < 1.29 is 29.6 Å². The Morgan fingerprint density at radius 1 is 1.33 bits per heavy atom. The fraction of sp³-hybridized carbons (Fsp3) is 0.875. The van der Waals surface area contributed by atoms with Gasteiger partial charge in [0, 0.05) is 7.11 Å². The van der Waals surface area contributed by atoms with E-state index in [9.17, 15) is 10.2 Å². The quantitative estimate of drug-likeness (QED) is 0.480. The van der Waals surface area contributed by atoms with E-state index >= 15 is 0 Å². The first-order valence-electron chi connectivity index (χ1n) is 4.41. The highest BCUT2D eigenvalue weighted by molar-refractivity contribution is 5.93. The van der Waals surface area contributed by atoms with Gasteiger partial charge in [0.25, 0.3) is 0 Å². The van der Waals surface area contributed by atoms with E-state index in [0.29, 0.717) is 0 Å². The second-order valence-corrected chi connectivity index (χ2v) is 3.05. The number of aliphatic hydroxyl groups excluding tert-OH is 3. The van der Waals surface area contributed by atoms with E-state index in [2.05, 4.69) is 9.99 Å². The Kier molecular flexibility index (Phi) is 4.43. The van der Waals surface area contributed by atoms with Crippen LogP contribution in [0.4, 0.5) is 0 Å². The highest BCUT2D eigenvalue weighted by Crippen LogP contribution is 2.19. The standard InChI is InChI=1S/C8H15NO6/c1-13-8-7(12)5(9-14-2)6(11)4(3-10)15-8/h4,6-8,10-12H,3H2,1-2H3/b9-5-/t4?,6-,7+,8-/m1/s1. The topological polar surface area (TPSA) is 101 Å². The molecule has 0 spiro atoms. The fourth-order valence-electron chi connectivity index (χ4n) is 1.37. The average Bonchev–Trinajstić information content (AvgIpc) is 2.25. The normalized spacial score (nSPS) is 39.4. The predicted octanol–water partition coefficient (Wildman–Crippen LogP) is -1.93. The van der Waals surface area contributed by atoms with Crippen LogP contribution in [0.5, 0.6) is 0 Å². The van der Waals surface area contributed by atoms with Crippen LogP contribution in [0.25, 0.3) is 0 Å². The van der Waals surface area contributed by atoms with Crippen LogP contribution in [-0.4, -0.2) is 66.5 Å². The van der Waals surface area contributed by atoms with Gasteiger partial charge in [-0.25, -0.2) is 0 Å². The van der Waals surface area contributed by atoms with Crippen LogP contribution in [0.3, 0.4) is 0 Å². The van der Waals surface area contributed by atoms with Crippen LogP contribution >= 0.6 is 0 Å². The maximum atomic E-state index is 9.64. The molecule has 0 amide bonds. The van der Waals surface area contributed by atoms with Gasteiger partial charge in [-0.2, -0.15) is 0 Å². The van der Waals surface area contributed by atoms with Crippen molar-refractivity contribution in [1.82, 2.24) is 0 Å². The molecule has 1 rings (SSSR count). The Hall–Kier alpha value is -0.730. The minimum Gasteiger partial charge on any atom is -0.399 e. The lowest BCUT2D eigenvalue weighted by atomic mass is 10.0. The highest BCUT2D eigenvalue weighted by Gasteiger charge is 2.42. The molecule has 1 heterocycles. The van der Waals surface area contributed by atoms with Gasteiger partial charge in [0.05, 0.1) is 6.61 Å². The molecular formula is C8H15NO6. The molecule has 4 atom stereocenters. The van der Waals surface area contributed by atoms with E-state index < -0.39 is 31.2 Å². The number of rotatable bonds is 3. The second-order valence-electron chi connectivity index (χ2n) is 3.05. The Bertz CT molecular complexity index is 215. The Morgan fingerprint density at radius 3 is 2.47 bits per heavy atom. The third-order valence-corrected chi connectivity index (χ3v) is 2.13. The summed E-state index contributed by atoms with van der Waals surface area (Å²) in [6.07, 6.45) is -4.28. The molecule has 0 aromatic carbocycles. The van der Waals surface area contributed by atoms with E-state index in [4.69, 9.17) is 14.6 Å². The first kappa shape index (κ1) is 12.3. The number of hydrogen-bond donors (Lipinski definition) is 3. The molecule has 7 heteroatoms. The lowest BCUT2D eigenvalue weighted by Gasteiger charge is -2.35. The third-order valence-electron chi connectivity index (χ3n) is 2.13. The first-order chi connectivity index (χ1) is 7.15. The van der Waals surface area contributed by atoms with Crippen molar-refractivity contribution >= 4 is 5.71 Å². The summed E-state index contributed by atoms with van der Waals surface area (Å²) >= 11 is 0. The SMILES string of the molecule is CO/N=C1/[C@H](O)C(CO)O[C@@H](OC)[C@H]1O. The van der Waals surface area contributed by atoms with Crippen LogP contribution in [0.2, 0.25) is 0 Å². The molecule has 0 aliphatic carbocycles. The molecule has 0 bridgehead atoms. The van der Waals surface area contributed by atoms with E-state index in [-0.39, 0.29) is 5.71 Å². The van der Waals surface area contributed by atoms with Gasteiger partial charge >= 0.3 is 0 Å². The van der Waals surface area contributed by atoms with Crippen LogP contribution in [0.15, 0.2) is 5.16 Å². The Morgan fingerprint density at radius 2 is 2.00 bits per heavy atom. The molecular weight excluding hydrogens is 206 g/mol. The fourth-order valence-corrected chi connectivity index (χ4v) is 1.37. The smallest absolute Gasteiger partial charge is 0.189 e. The van der Waals surface area contributed by atoms with Crippen molar-refractivity contribution in [2.24, 2.45) is 5.16 Å². The lowest BCUT2D eigenvalue weighted by molar-refractivity contribution is -0.224. The summed E-state index contributed by atoms with van der Waals surface area (Å²) < 4.78 is 9.91. The van der Waals surface area contributed by atoms with Crippen molar-refractivity contribution in [2.75, 3.05) is 20.8 Å². The van der Waals surface area contributed by atoms with E-state index in [1.807, 2.05) is 0 Å². The Labute approximate surface area is 86.9 Å². The van der Waals surface area contributed by atoms with Gasteiger partial charge in [-0.1, -0.05) is 5.16 Å². The van der Waals surface area contributed by atoms with Crippen molar-refractivity contribution in [3.8, 4) is 0 Å². The van der Waals surface area contributed by atoms with E-state index in [1.165, 1.54) is 14.2 Å². The largest absolute Gasteiger partial charge is 0.399 e. The van der Waals surface area contributed by atoms with Crippen LogP contribution in [0, 0.1) is 0 Å². The minimum absolute atomic E-state index is 0.0188. The molecule has 0 saturated carbocycles. The summed E-state index contributed by atoms with van der Waals surface area (Å²) in [5, 5.41) is 31.7. The minimum atomic E-state index is -1.22. The molecule has 0 aromatic heterocycles. The third kappa shape index (κ3) is 2.44. The number of ether oxygens (including phenoxy) is 2. The molecule has 1 aliphatic heterocycles. The molecule has 88 valence electrons. The van der Waals surface area contributed by atoms with Gasteiger partial charge < -0.3 is 29.6 Å². The van der Waals surface area contributed by atoms with Crippen molar-refractivity contribution in [3.63, 3.8) is 0 Å². The summed E-state index contributed by atoms with van der Waals surface area (Å²) in [4.78, 5) is 4.48. The van der Waals surface area contributed by atoms with Gasteiger partial charge in [0.15, 0.2) is 6.29 Å². The van der Waals surface area contributed by atoms with Gasteiger partial charge in [-0.3, -0.25) is 0 Å².